The molecule has 0 bridgehead atoms. The van der Waals surface area contributed by atoms with Crippen LogP contribution in [0.2, 0.25) is 0 Å². The summed E-state index contributed by atoms with van der Waals surface area (Å²) in [6.07, 6.45) is 1.06. The van der Waals surface area contributed by atoms with E-state index in [-0.39, 0.29) is 18.5 Å². The number of hydrogen-bond donors (Lipinski definition) is 0. The van der Waals surface area contributed by atoms with E-state index in [1.807, 2.05) is 0 Å². The molecule has 0 aromatic rings. The molecule has 11 heavy (non-hydrogen) atoms. The molecule has 1 aliphatic rings. The zero-order chi connectivity index (χ0) is 8.27. The molecule has 1 unspecified atom stereocenters. The van der Waals surface area contributed by atoms with Crippen LogP contribution >= 0.6 is 0 Å². The first-order valence-electron chi connectivity index (χ1n) is 3.20. The molecule has 0 aromatic heterocycles. The second kappa shape index (κ2) is 3.18. The van der Waals surface area contributed by atoms with Gasteiger partial charge in [-0.1, -0.05) is 6.58 Å². The van der Waals surface area contributed by atoms with Crippen LogP contribution in [0.4, 0.5) is 0 Å². The lowest BCUT2D eigenvalue weighted by Crippen LogP contribution is -2.38. The predicted octanol–water partition coefficient (Wildman–Crippen LogP) is -0.111. The van der Waals surface area contributed by atoms with Gasteiger partial charge in [0.15, 0.2) is 0 Å². The highest BCUT2D eigenvalue weighted by atomic mass is 16.6. The minimum absolute atomic E-state index is 0.101. The SMILES string of the molecule is C=CC(=O)OCC1COC1=O. The Morgan fingerprint density at radius 2 is 2.64 bits per heavy atom. The lowest BCUT2D eigenvalue weighted by molar-refractivity contribution is -0.174. The lowest BCUT2D eigenvalue weighted by Gasteiger charge is -2.23. The summed E-state index contributed by atoms with van der Waals surface area (Å²) in [5, 5.41) is 0. The van der Waals surface area contributed by atoms with E-state index in [4.69, 9.17) is 0 Å². The van der Waals surface area contributed by atoms with Crippen molar-refractivity contribution in [2.45, 2.75) is 0 Å². The Morgan fingerprint density at radius 1 is 1.91 bits per heavy atom. The number of cyclic esters (lactones) is 1. The quantitative estimate of drug-likeness (QED) is 0.422. The number of rotatable bonds is 3. The molecule has 0 radical (unpaired) electrons. The second-order valence-corrected chi connectivity index (χ2v) is 2.16. The van der Waals surface area contributed by atoms with Gasteiger partial charge in [-0.05, 0) is 0 Å². The third-order valence-corrected chi connectivity index (χ3v) is 1.35. The van der Waals surface area contributed by atoms with Crippen LogP contribution in [0.5, 0.6) is 0 Å². The Bertz CT molecular complexity index is 197. The minimum atomic E-state index is -0.510. The fourth-order valence-electron chi connectivity index (χ4n) is 0.627. The largest absolute Gasteiger partial charge is 0.464 e. The van der Waals surface area contributed by atoms with Crippen LogP contribution in [0.3, 0.4) is 0 Å². The summed E-state index contributed by atoms with van der Waals surface area (Å²) in [6, 6.07) is 0. The second-order valence-electron chi connectivity index (χ2n) is 2.16. The number of esters is 2. The topological polar surface area (TPSA) is 52.6 Å². The van der Waals surface area contributed by atoms with Crippen LogP contribution in [0, 0.1) is 5.92 Å². The zero-order valence-electron chi connectivity index (χ0n) is 5.91. The average Bonchev–Trinajstić information content (AvgIpc) is 2.01. The van der Waals surface area contributed by atoms with Gasteiger partial charge in [-0.3, -0.25) is 4.79 Å². The molecule has 1 fully saturated rings. The van der Waals surface area contributed by atoms with E-state index in [1.54, 1.807) is 0 Å². The molecule has 1 heterocycles. The maximum absolute atomic E-state index is 10.5. The van der Waals surface area contributed by atoms with Gasteiger partial charge in [-0.2, -0.15) is 0 Å². The van der Waals surface area contributed by atoms with Gasteiger partial charge in [-0.25, -0.2) is 4.79 Å². The van der Waals surface area contributed by atoms with E-state index < -0.39 is 5.97 Å². The Balaban J connectivity index is 2.17. The van der Waals surface area contributed by atoms with Crippen LogP contribution in [-0.2, 0) is 19.1 Å². The third kappa shape index (κ3) is 1.80. The van der Waals surface area contributed by atoms with Gasteiger partial charge in [-0.15, -0.1) is 0 Å². The van der Waals surface area contributed by atoms with Gasteiger partial charge in [0.2, 0.25) is 0 Å². The van der Waals surface area contributed by atoms with Gasteiger partial charge in [0, 0.05) is 6.08 Å². The molecule has 0 aliphatic carbocycles. The molecule has 1 saturated heterocycles. The molecule has 1 aliphatic heterocycles. The summed E-state index contributed by atoms with van der Waals surface area (Å²) in [6.45, 7) is 3.66. The van der Waals surface area contributed by atoms with Crippen molar-refractivity contribution in [2.75, 3.05) is 13.2 Å². The summed E-state index contributed by atoms with van der Waals surface area (Å²) in [4.78, 5) is 21.0. The molecule has 1 rings (SSSR count). The van der Waals surface area contributed by atoms with Gasteiger partial charge in [0.05, 0.1) is 0 Å². The van der Waals surface area contributed by atoms with Crippen molar-refractivity contribution in [2.24, 2.45) is 5.92 Å². The highest BCUT2D eigenvalue weighted by Gasteiger charge is 2.31. The smallest absolute Gasteiger partial charge is 0.330 e. The molecule has 60 valence electrons. The Morgan fingerprint density at radius 3 is 3.00 bits per heavy atom. The van der Waals surface area contributed by atoms with E-state index in [0.717, 1.165) is 6.08 Å². The molecule has 0 aromatic carbocycles. The molecular weight excluding hydrogens is 148 g/mol. The average molecular weight is 156 g/mol. The first-order chi connectivity index (χ1) is 5.24. The van der Waals surface area contributed by atoms with Crippen molar-refractivity contribution < 1.29 is 19.1 Å². The molecule has 4 nitrogen and oxygen atoms in total. The minimum Gasteiger partial charge on any atom is -0.464 e. The van der Waals surface area contributed by atoms with Crippen molar-refractivity contribution in [1.82, 2.24) is 0 Å². The zero-order valence-corrected chi connectivity index (χ0v) is 5.91. The standard InChI is InChI=1S/C7H8O4/c1-2-6(8)10-3-5-4-11-7(5)9/h2,5H,1,3-4H2. The van der Waals surface area contributed by atoms with E-state index in [0.29, 0.717) is 6.61 Å². The molecule has 4 heteroatoms. The van der Waals surface area contributed by atoms with E-state index in [1.165, 1.54) is 0 Å². The van der Waals surface area contributed by atoms with E-state index >= 15 is 0 Å². The fourth-order valence-corrected chi connectivity index (χ4v) is 0.627. The Labute approximate surface area is 63.8 Å². The summed E-state index contributed by atoms with van der Waals surface area (Å²) < 4.78 is 9.06. The molecule has 0 saturated carbocycles. The summed E-state index contributed by atoms with van der Waals surface area (Å²) in [7, 11) is 0. The first-order valence-corrected chi connectivity index (χ1v) is 3.20. The summed E-state index contributed by atoms with van der Waals surface area (Å²) in [5.41, 5.74) is 0. The predicted molar refractivity (Wildman–Crippen MR) is 35.6 cm³/mol. The van der Waals surface area contributed by atoms with Gasteiger partial charge in [0.1, 0.15) is 19.1 Å². The number of carbonyl (C=O) groups excluding carboxylic acids is 2. The van der Waals surface area contributed by atoms with Crippen LogP contribution in [0.1, 0.15) is 0 Å². The van der Waals surface area contributed by atoms with Crippen LogP contribution < -0.4 is 0 Å². The van der Waals surface area contributed by atoms with Crippen LogP contribution in [0.25, 0.3) is 0 Å². The number of carbonyl (C=O) groups is 2. The fraction of sp³-hybridized carbons (Fsp3) is 0.429. The van der Waals surface area contributed by atoms with Crippen molar-refractivity contribution in [3.63, 3.8) is 0 Å². The van der Waals surface area contributed by atoms with Crippen LogP contribution in [-0.4, -0.2) is 25.2 Å². The lowest BCUT2D eigenvalue weighted by atomic mass is 10.1. The number of hydrogen-bond acceptors (Lipinski definition) is 4. The van der Waals surface area contributed by atoms with Gasteiger partial charge in [0.25, 0.3) is 0 Å². The van der Waals surface area contributed by atoms with Crippen molar-refractivity contribution in [1.29, 1.82) is 0 Å². The van der Waals surface area contributed by atoms with Gasteiger partial charge < -0.3 is 9.47 Å². The molecular formula is C7H8O4. The maximum atomic E-state index is 10.5. The van der Waals surface area contributed by atoms with Crippen LogP contribution in [0.15, 0.2) is 12.7 Å². The summed E-state index contributed by atoms with van der Waals surface area (Å²) >= 11 is 0. The molecule has 0 N–H and O–H groups in total. The molecule has 0 spiro atoms. The Kier molecular flexibility index (Phi) is 2.25. The van der Waals surface area contributed by atoms with Gasteiger partial charge >= 0.3 is 11.9 Å². The highest BCUT2D eigenvalue weighted by molar-refractivity contribution is 5.82. The maximum Gasteiger partial charge on any atom is 0.330 e. The highest BCUT2D eigenvalue weighted by Crippen LogP contribution is 2.12. The van der Waals surface area contributed by atoms with Crippen molar-refractivity contribution >= 4 is 11.9 Å². The summed E-state index contributed by atoms with van der Waals surface area (Å²) in [5.74, 6) is -1.08. The first kappa shape index (κ1) is 7.78. The van der Waals surface area contributed by atoms with E-state index in [9.17, 15) is 9.59 Å². The Hall–Kier alpha value is -1.32. The monoisotopic (exact) mass is 156 g/mol. The molecule has 1 atom stereocenters. The van der Waals surface area contributed by atoms with E-state index in [2.05, 4.69) is 16.1 Å². The third-order valence-electron chi connectivity index (χ3n) is 1.35. The van der Waals surface area contributed by atoms with Crippen molar-refractivity contribution in [3.05, 3.63) is 12.7 Å². The normalized spacial score (nSPS) is 21.5. The van der Waals surface area contributed by atoms with Crippen molar-refractivity contribution in [3.8, 4) is 0 Å². The number of ether oxygens (including phenoxy) is 2. The molecule has 0 amide bonds.